The average Bonchev–Trinajstić information content (AvgIpc) is 3.40. The van der Waals surface area contributed by atoms with Crippen LogP contribution < -0.4 is 5.32 Å². The lowest BCUT2D eigenvalue weighted by Crippen LogP contribution is -2.23. The maximum Gasteiger partial charge on any atom is 0.237 e. The third-order valence-corrected chi connectivity index (χ3v) is 5.51. The first-order chi connectivity index (χ1) is 14.6. The molecule has 2 aromatic heterocycles. The number of nitrogens with one attached hydrogen (secondary N) is 1. The van der Waals surface area contributed by atoms with E-state index in [9.17, 15) is 9.90 Å². The lowest BCUT2D eigenvalue weighted by molar-refractivity contribution is -0.115. The number of aromatic nitrogens is 3. The highest BCUT2D eigenvalue weighted by Crippen LogP contribution is 2.29. The monoisotopic (exact) mass is 420 g/mol. The van der Waals surface area contributed by atoms with E-state index in [1.807, 2.05) is 54.0 Å². The Hall–Kier alpha value is -3.52. The van der Waals surface area contributed by atoms with Gasteiger partial charge in [-0.2, -0.15) is 0 Å². The molecule has 2 aromatic carbocycles. The molecule has 0 aliphatic carbocycles. The average molecular weight is 420 g/mol. The molecule has 152 valence electrons. The van der Waals surface area contributed by atoms with Crippen molar-refractivity contribution in [3.05, 3.63) is 78.8 Å². The molecule has 30 heavy (non-hydrogen) atoms. The van der Waals surface area contributed by atoms with Crippen LogP contribution in [0.2, 0.25) is 0 Å². The first-order valence-corrected chi connectivity index (χ1v) is 10.3. The van der Waals surface area contributed by atoms with Crippen molar-refractivity contribution in [3.8, 4) is 17.1 Å². The van der Waals surface area contributed by atoms with Gasteiger partial charge in [0.2, 0.25) is 5.91 Å². The number of para-hydroxylation sites is 1. The number of carbonyl (C=O) groups is 1. The number of phenols is 1. The molecule has 8 heteroatoms. The molecule has 0 bridgehead atoms. The summed E-state index contributed by atoms with van der Waals surface area (Å²) in [6, 6.07) is 19.8. The van der Waals surface area contributed by atoms with E-state index >= 15 is 0 Å². The number of aromatic hydroxyl groups is 1. The molecule has 0 saturated heterocycles. The molecule has 0 saturated carbocycles. The third kappa shape index (κ3) is 4.55. The zero-order valence-corrected chi connectivity index (χ0v) is 17.0. The molecule has 2 N–H and O–H groups in total. The quantitative estimate of drug-likeness (QED) is 0.430. The van der Waals surface area contributed by atoms with Crippen LogP contribution in [0.4, 0.5) is 5.69 Å². The van der Waals surface area contributed by atoms with Crippen molar-refractivity contribution < 1.29 is 14.3 Å². The van der Waals surface area contributed by atoms with Crippen LogP contribution in [0.1, 0.15) is 12.7 Å². The summed E-state index contributed by atoms with van der Waals surface area (Å²) in [5.41, 5.74) is 1.55. The Morgan fingerprint density at radius 2 is 1.87 bits per heavy atom. The Morgan fingerprint density at radius 3 is 2.57 bits per heavy atom. The van der Waals surface area contributed by atoms with E-state index in [2.05, 4.69) is 15.5 Å². The number of carbonyl (C=O) groups excluding carboxylic acids is 1. The van der Waals surface area contributed by atoms with Gasteiger partial charge < -0.3 is 14.8 Å². The van der Waals surface area contributed by atoms with Crippen molar-refractivity contribution >= 4 is 23.4 Å². The van der Waals surface area contributed by atoms with Gasteiger partial charge in [-0.15, -0.1) is 10.2 Å². The predicted molar refractivity (Wildman–Crippen MR) is 115 cm³/mol. The number of thioether (sulfide) groups is 1. The molecule has 4 aromatic rings. The lowest BCUT2D eigenvalue weighted by Gasteiger charge is -2.13. The Bertz CT molecular complexity index is 1110. The van der Waals surface area contributed by atoms with Crippen LogP contribution in [0.5, 0.6) is 5.75 Å². The van der Waals surface area contributed by atoms with Gasteiger partial charge in [-0.3, -0.25) is 9.36 Å². The molecular weight excluding hydrogens is 400 g/mol. The van der Waals surface area contributed by atoms with Crippen molar-refractivity contribution in [3.63, 3.8) is 0 Å². The van der Waals surface area contributed by atoms with Gasteiger partial charge in [-0.25, -0.2) is 0 Å². The summed E-state index contributed by atoms with van der Waals surface area (Å²) in [5.74, 6) is 1.43. The topological polar surface area (TPSA) is 93.2 Å². The second kappa shape index (κ2) is 8.87. The van der Waals surface area contributed by atoms with Crippen LogP contribution in [0.25, 0.3) is 11.4 Å². The Labute approximate surface area is 177 Å². The summed E-state index contributed by atoms with van der Waals surface area (Å²) in [6.07, 6.45) is 1.61. The van der Waals surface area contributed by atoms with Crippen LogP contribution in [0, 0.1) is 0 Å². The normalized spacial score (nSPS) is 11.9. The highest BCUT2D eigenvalue weighted by Gasteiger charge is 2.21. The molecule has 2 heterocycles. The second-order valence-corrected chi connectivity index (χ2v) is 7.94. The molecule has 0 unspecified atom stereocenters. The summed E-state index contributed by atoms with van der Waals surface area (Å²) in [7, 11) is 0. The van der Waals surface area contributed by atoms with E-state index < -0.39 is 5.25 Å². The van der Waals surface area contributed by atoms with Crippen LogP contribution >= 0.6 is 11.8 Å². The van der Waals surface area contributed by atoms with Gasteiger partial charge in [0, 0.05) is 11.3 Å². The van der Waals surface area contributed by atoms with E-state index in [1.54, 1.807) is 30.5 Å². The van der Waals surface area contributed by atoms with Gasteiger partial charge in [0.25, 0.3) is 0 Å². The fourth-order valence-electron chi connectivity index (χ4n) is 2.88. The molecule has 1 atom stereocenters. The SMILES string of the molecule is C[C@@H](Sc1nnc(-c2ccc(O)cc2)n1Cc1ccco1)C(=O)Nc1ccccc1. The predicted octanol–water partition coefficient (Wildman–Crippen LogP) is 4.41. The molecule has 0 aliphatic rings. The minimum atomic E-state index is -0.391. The minimum absolute atomic E-state index is 0.120. The molecule has 4 rings (SSSR count). The van der Waals surface area contributed by atoms with Gasteiger partial charge in [0.05, 0.1) is 18.1 Å². The van der Waals surface area contributed by atoms with Crippen LogP contribution in [-0.2, 0) is 11.3 Å². The number of benzene rings is 2. The number of hydrogen-bond donors (Lipinski definition) is 2. The Balaban J connectivity index is 1.58. The number of rotatable bonds is 7. The van der Waals surface area contributed by atoms with Gasteiger partial charge in [-0.1, -0.05) is 30.0 Å². The molecule has 0 fully saturated rings. The van der Waals surface area contributed by atoms with Gasteiger partial charge in [0.1, 0.15) is 11.5 Å². The zero-order chi connectivity index (χ0) is 20.9. The molecule has 0 spiro atoms. The number of hydrogen-bond acceptors (Lipinski definition) is 6. The molecule has 7 nitrogen and oxygen atoms in total. The Morgan fingerprint density at radius 1 is 1.10 bits per heavy atom. The van der Waals surface area contributed by atoms with Crippen LogP contribution in [0.15, 0.2) is 82.6 Å². The number of furan rings is 1. The molecule has 0 radical (unpaired) electrons. The third-order valence-electron chi connectivity index (χ3n) is 4.43. The maximum absolute atomic E-state index is 12.6. The lowest BCUT2D eigenvalue weighted by atomic mass is 10.2. The molecule has 1 amide bonds. The van der Waals surface area contributed by atoms with Crippen LogP contribution in [0.3, 0.4) is 0 Å². The van der Waals surface area contributed by atoms with Gasteiger partial charge in [-0.05, 0) is 55.5 Å². The molecular formula is C22H20N4O3S. The zero-order valence-electron chi connectivity index (χ0n) is 16.2. The fourth-order valence-corrected chi connectivity index (χ4v) is 3.73. The van der Waals surface area contributed by atoms with Gasteiger partial charge in [0.15, 0.2) is 11.0 Å². The number of amides is 1. The van der Waals surface area contributed by atoms with Gasteiger partial charge >= 0.3 is 0 Å². The standard InChI is InChI=1S/C22H20N4O3S/c1-15(21(28)23-17-6-3-2-4-7-17)30-22-25-24-20(16-9-11-18(27)12-10-16)26(22)14-19-8-5-13-29-19/h2-13,15,27H,14H2,1H3,(H,23,28)/t15-/m1/s1. The highest BCUT2D eigenvalue weighted by atomic mass is 32.2. The molecule has 0 aliphatic heterocycles. The second-order valence-electron chi connectivity index (χ2n) is 6.63. The maximum atomic E-state index is 12.6. The van der Waals surface area contributed by atoms with E-state index in [0.29, 0.717) is 17.5 Å². The summed E-state index contributed by atoms with van der Waals surface area (Å²) < 4.78 is 7.40. The van der Waals surface area contributed by atoms with Crippen molar-refractivity contribution in [1.82, 2.24) is 14.8 Å². The van der Waals surface area contributed by atoms with Crippen molar-refractivity contribution in [2.45, 2.75) is 23.9 Å². The van der Waals surface area contributed by atoms with Crippen LogP contribution in [-0.4, -0.2) is 31.0 Å². The van der Waals surface area contributed by atoms with E-state index in [4.69, 9.17) is 4.42 Å². The summed E-state index contributed by atoms with van der Waals surface area (Å²) in [5, 5.41) is 21.3. The van der Waals surface area contributed by atoms with E-state index in [-0.39, 0.29) is 11.7 Å². The number of nitrogens with zero attached hydrogens (tertiary/aromatic N) is 3. The van der Waals surface area contributed by atoms with Crippen molar-refractivity contribution in [2.24, 2.45) is 0 Å². The summed E-state index contributed by atoms with van der Waals surface area (Å²) >= 11 is 1.32. The van der Waals surface area contributed by atoms with Crippen molar-refractivity contribution in [1.29, 1.82) is 0 Å². The largest absolute Gasteiger partial charge is 0.508 e. The Kier molecular flexibility index (Phi) is 5.85. The first-order valence-electron chi connectivity index (χ1n) is 9.38. The summed E-state index contributed by atoms with van der Waals surface area (Å²) in [4.78, 5) is 12.6. The minimum Gasteiger partial charge on any atom is -0.508 e. The van der Waals surface area contributed by atoms with Crippen molar-refractivity contribution in [2.75, 3.05) is 5.32 Å². The number of anilines is 1. The first kappa shape index (κ1) is 19.8. The van der Waals surface area contributed by atoms with E-state index in [0.717, 1.165) is 17.0 Å². The van der Waals surface area contributed by atoms with E-state index in [1.165, 1.54) is 11.8 Å². The summed E-state index contributed by atoms with van der Waals surface area (Å²) in [6.45, 7) is 2.25. The fraction of sp³-hybridized carbons (Fsp3) is 0.136. The smallest absolute Gasteiger partial charge is 0.237 e. The highest BCUT2D eigenvalue weighted by molar-refractivity contribution is 8.00. The number of phenolic OH excluding ortho intramolecular Hbond substituents is 1.